The molecule has 1 unspecified atom stereocenters. The first-order chi connectivity index (χ1) is 4.75. The second-order valence-electron chi connectivity index (χ2n) is 3.24. The van der Waals surface area contributed by atoms with Crippen LogP contribution in [0.3, 0.4) is 0 Å². The molecule has 60 valence electrons. The van der Waals surface area contributed by atoms with Gasteiger partial charge in [-0.1, -0.05) is 29.3 Å². The summed E-state index contributed by atoms with van der Waals surface area (Å²) >= 11 is 3.32. The summed E-state index contributed by atoms with van der Waals surface area (Å²) in [6.45, 7) is 2.17. The second kappa shape index (κ2) is 3.22. The van der Waals surface area contributed by atoms with Gasteiger partial charge >= 0.3 is 0 Å². The van der Waals surface area contributed by atoms with E-state index in [1.807, 2.05) is 0 Å². The molecule has 0 saturated heterocycles. The van der Waals surface area contributed by atoms with Crippen LogP contribution in [0.15, 0.2) is 0 Å². The van der Waals surface area contributed by atoms with E-state index in [1.54, 1.807) is 0 Å². The maximum absolute atomic E-state index is 9.58. The van der Waals surface area contributed by atoms with Crippen LogP contribution < -0.4 is 0 Å². The van der Waals surface area contributed by atoms with Gasteiger partial charge in [0.05, 0.1) is 6.10 Å². The summed E-state index contributed by atoms with van der Waals surface area (Å²) in [7, 11) is 0. The molecule has 1 nitrogen and oxygen atoms in total. The van der Waals surface area contributed by atoms with Crippen molar-refractivity contribution in [3.8, 4) is 0 Å². The van der Waals surface area contributed by atoms with E-state index in [0.29, 0.717) is 0 Å². The van der Waals surface area contributed by atoms with Crippen LogP contribution in [0.5, 0.6) is 0 Å². The standard InChI is InChI=1S/C8H15BrO/c1-2-8(4-3-5-8)7(10)6-9/h7,10H,2-6H2,1H3. The molecule has 1 atom stereocenters. The zero-order chi connectivity index (χ0) is 7.61. The van der Waals surface area contributed by atoms with Crippen LogP contribution in [0.2, 0.25) is 0 Å². The Morgan fingerprint density at radius 2 is 2.20 bits per heavy atom. The highest BCUT2D eigenvalue weighted by atomic mass is 79.9. The summed E-state index contributed by atoms with van der Waals surface area (Å²) in [5.41, 5.74) is 0.281. The molecule has 0 bridgehead atoms. The van der Waals surface area contributed by atoms with Gasteiger partial charge < -0.3 is 5.11 Å². The molecular formula is C8H15BrO. The number of aliphatic hydroxyl groups excluding tert-OH is 1. The third kappa shape index (κ3) is 1.24. The monoisotopic (exact) mass is 206 g/mol. The molecule has 0 amide bonds. The highest BCUT2D eigenvalue weighted by Gasteiger charge is 2.40. The Kier molecular flexibility index (Phi) is 2.75. The van der Waals surface area contributed by atoms with Gasteiger partial charge in [-0.05, 0) is 24.7 Å². The average Bonchev–Trinajstić information content (AvgIpc) is 1.86. The SMILES string of the molecule is CCC1(C(O)CBr)CCC1. The van der Waals surface area contributed by atoms with Crippen molar-refractivity contribution in [1.29, 1.82) is 0 Å². The van der Waals surface area contributed by atoms with E-state index in [2.05, 4.69) is 22.9 Å². The zero-order valence-electron chi connectivity index (χ0n) is 6.44. The van der Waals surface area contributed by atoms with Gasteiger partial charge in [-0.3, -0.25) is 0 Å². The third-order valence-corrected chi connectivity index (χ3v) is 3.52. The predicted molar refractivity (Wildman–Crippen MR) is 46.4 cm³/mol. The molecule has 0 heterocycles. The summed E-state index contributed by atoms with van der Waals surface area (Å²) in [5, 5.41) is 10.3. The minimum atomic E-state index is -0.119. The topological polar surface area (TPSA) is 20.2 Å². The zero-order valence-corrected chi connectivity index (χ0v) is 8.02. The Morgan fingerprint density at radius 3 is 2.30 bits per heavy atom. The molecule has 0 aromatic rings. The van der Waals surface area contributed by atoms with Crippen molar-refractivity contribution in [2.75, 3.05) is 5.33 Å². The number of aliphatic hydroxyl groups is 1. The molecule has 10 heavy (non-hydrogen) atoms. The van der Waals surface area contributed by atoms with Gasteiger partial charge in [0.2, 0.25) is 0 Å². The fourth-order valence-electron chi connectivity index (χ4n) is 1.72. The minimum Gasteiger partial charge on any atom is -0.392 e. The first-order valence-corrected chi connectivity index (χ1v) is 5.11. The first-order valence-electron chi connectivity index (χ1n) is 3.99. The molecular weight excluding hydrogens is 192 g/mol. The van der Waals surface area contributed by atoms with Gasteiger partial charge in [0.15, 0.2) is 0 Å². The Labute approximate surface area is 70.9 Å². The van der Waals surface area contributed by atoms with Crippen molar-refractivity contribution < 1.29 is 5.11 Å². The van der Waals surface area contributed by atoms with Gasteiger partial charge in [0.25, 0.3) is 0 Å². The van der Waals surface area contributed by atoms with Gasteiger partial charge in [-0.25, -0.2) is 0 Å². The Hall–Kier alpha value is 0.440. The smallest absolute Gasteiger partial charge is 0.0692 e. The van der Waals surface area contributed by atoms with Crippen LogP contribution in [0, 0.1) is 5.41 Å². The number of hydrogen-bond donors (Lipinski definition) is 1. The van der Waals surface area contributed by atoms with E-state index < -0.39 is 0 Å². The maximum Gasteiger partial charge on any atom is 0.0692 e. The van der Waals surface area contributed by atoms with Crippen LogP contribution >= 0.6 is 15.9 Å². The van der Waals surface area contributed by atoms with Crippen LogP contribution in [0.25, 0.3) is 0 Å². The van der Waals surface area contributed by atoms with Crippen molar-refractivity contribution in [3.63, 3.8) is 0 Å². The van der Waals surface area contributed by atoms with E-state index in [0.717, 1.165) is 11.8 Å². The lowest BCUT2D eigenvalue weighted by Crippen LogP contribution is -2.41. The summed E-state index contributed by atoms with van der Waals surface area (Å²) in [6, 6.07) is 0. The molecule has 1 aliphatic carbocycles. The number of alkyl halides is 1. The van der Waals surface area contributed by atoms with Gasteiger partial charge in [-0.15, -0.1) is 0 Å². The predicted octanol–water partition coefficient (Wildman–Crippen LogP) is 2.32. The largest absolute Gasteiger partial charge is 0.392 e. The molecule has 0 spiro atoms. The molecule has 0 radical (unpaired) electrons. The fourth-order valence-corrected chi connectivity index (χ4v) is 2.40. The number of halogens is 1. The van der Waals surface area contributed by atoms with Gasteiger partial charge in [-0.2, -0.15) is 0 Å². The van der Waals surface area contributed by atoms with E-state index in [-0.39, 0.29) is 11.5 Å². The van der Waals surface area contributed by atoms with Crippen molar-refractivity contribution in [1.82, 2.24) is 0 Å². The van der Waals surface area contributed by atoms with Crippen molar-refractivity contribution in [2.24, 2.45) is 5.41 Å². The summed E-state index contributed by atoms with van der Waals surface area (Å²) in [4.78, 5) is 0. The quantitative estimate of drug-likeness (QED) is 0.704. The molecule has 1 aliphatic rings. The lowest BCUT2D eigenvalue weighted by molar-refractivity contribution is -0.0222. The molecule has 2 heteroatoms. The third-order valence-electron chi connectivity index (χ3n) is 2.91. The molecule has 0 aliphatic heterocycles. The fraction of sp³-hybridized carbons (Fsp3) is 1.00. The van der Waals surface area contributed by atoms with E-state index in [9.17, 15) is 5.11 Å². The van der Waals surface area contributed by atoms with Crippen LogP contribution in [0.4, 0.5) is 0 Å². The first kappa shape index (κ1) is 8.54. The highest BCUT2D eigenvalue weighted by Crippen LogP contribution is 2.46. The normalized spacial score (nSPS) is 25.5. The molecule has 1 saturated carbocycles. The average molecular weight is 207 g/mol. The molecule has 1 N–H and O–H groups in total. The summed E-state index contributed by atoms with van der Waals surface area (Å²) < 4.78 is 0. The molecule has 0 aromatic heterocycles. The number of rotatable bonds is 3. The maximum atomic E-state index is 9.58. The van der Waals surface area contributed by atoms with Crippen molar-refractivity contribution in [2.45, 2.75) is 38.7 Å². The van der Waals surface area contributed by atoms with Crippen LogP contribution in [-0.4, -0.2) is 16.5 Å². The highest BCUT2D eigenvalue weighted by molar-refractivity contribution is 9.09. The van der Waals surface area contributed by atoms with Crippen molar-refractivity contribution in [3.05, 3.63) is 0 Å². The Morgan fingerprint density at radius 1 is 1.60 bits per heavy atom. The molecule has 1 rings (SSSR count). The minimum absolute atomic E-state index is 0.119. The lowest BCUT2D eigenvalue weighted by atomic mass is 9.64. The van der Waals surface area contributed by atoms with Crippen LogP contribution in [-0.2, 0) is 0 Å². The molecule has 1 fully saturated rings. The lowest BCUT2D eigenvalue weighted by Gasteiger charge is -2.44. The van der Waals surface area contributed by atoms with E-state index in [4.69, 9.17) is 0 Å². The summed E-state index contributed by atoms with van der Waals surface area (Å²) in [6.07, 6.45) is 4.75. The van der Waals surface area contributed by atoms with Crippen LogP contribution in [0.1, 0.15) is 32.6 Å². The second-order valence-corrected chi connectivity index (χ2v) is 3.89. The summed E-state index contributed by atoms with van der Waals surface area (Å²) in [5.74, 6) is 0. The molecule has 0 aromatic carbocycles. The van der Waals surface area contributed by atoms with Gasteiger partial charge in [0.1, 0.15) is 0 Å². The van der Waals surface area contributed by atoms with E-state index >= 15 is 0 Å². The van der Waals surface area contributed by atoms with E-state index in [1.165, 1.54) is 19.3 Å². The van der Waals surface area contributed by atoms with Gasteiger partial charge in [0, 0.05) is 5.33 Å². The number of hydrogen-bond acceptors (Lipinski definition) is 1. The Bertz CT molecular complexity index is 104. The Balaban J connectivity index is 2.46. The van der Waals surface area contributed by atoms with Crippen molar-refractivity contribution >= 4 is 15.9 Å².